The molecule has 0 aliphatic carbocycles. The molecule has 0 aliphatic rings. The molecule has 2 N–H and O–H groups in total. The van der Waals surface area contributed by atoms with Gasteiger partial charge in [-0.05, 0) is 22.0 Å². The van der Waals surface area contributed by atoms with E-state index < -0.39 is 6.09 Å². The van der Waals surface area contributed by atoms with Gasteiger partial charge in [-0.2, -0.15) is 0 Å². The third kappa shape index (κ3) is 2.90. The summed E-state index contributed by atoms with van der Waals surface area (Å²) < 4.78 is 0.990. The van der Waals surface area contributed by atoms with Crippen LogP contribution in [0.4, 0.5) is 4.79 Å². The average Bonchev–Trinajstić information content (AvgIpc) is 2.31. The Hall–Kier alpha value is -0.550. The third-order valence-corrected chi connectivity index (χ3v) is 2.73. The van der Waals surface area contributed by atoms with Gasteiger partial charge in [0, 0.05) is 14.7 Å². The van der Waals surface area contributed by atoms with E-state index in [1.165, 1.54) is 11.3 Å². The molecule has 0 aromatic carbocycles. The van der Waals surface area contributed by atoms with Crippen LogP contribution in [0.5, 0.6) is 0 Å². The summed E-state index contributed by atoms with van der Waals surface area (Å²) in [5, 5.41) is 12.5. The Morgan fingerprint density at radius 3 is 3.00 bits per heavy atom. The van der Waals surface area contributed by atoms with E-state index in [1.807, 2.05) is 11.4 Å². The van der Waals surface area contributed by atoms with E-state index in [1.54, 1.807) is 0 Å². The maximum absolute atomic E-state index is 10.1. The number of carboxylic acid groups (broad SMARTS) is 1. The van der Waals surface area contributed by atoms with E-state index in [9.17, 15) is 4.79 Å². The molecule has 0 saturated carbocycles. The quantitative estimate of drug-likeness (QED) is 0.827. The second-order valence-corrected chi connectivity index (χ2v) is 3.80. The minimum Gasteiger partial charge on any atom is -0.465 e. The highest BCUT2D eigenvalue weighted by Gasteiger charge is 1.98. The molecule has 0 atom stereocenters. The molecule has 0 aliphatic heterocycles. The first kappa shape index (κ1) is 8.55. The van der Waals surface area contributed by atoms with Gasteiger partial charge in [-0.15, -0.1) is 11.3 Å². The lowest BCUT2D eigenvalue weighted by molar-refractivity contribution is 0.194. The van der Waals surface area contributed by atoms with Gasteiger partial charge in [0.1, 0.15) is 0 Å². The van der Waals surface area contributed by atoms with Crippen molar-refractivity contribution in [1.29, 1.82) is 0 Å². The summed E-state index contributed by atoms with van der Waals surface area (Å²) >= 11 is 4.79. The van der Waals surface area contributed by atoms with Gasteiger partial charge in [0.25, 0.3) is 0 Å². The summed E-state index contributed by atoms with van der Waals surface area (Å²) in [5.41, 5.74) is 0. The van der Waals surface area contributed by atoms with Crippen LogP contribution in [0.1, 0.15) is 4.88 Å². The lowest BCUT2D eigenvalue weighted by atomic mass is 10.5. The van der Waals surface area contributed by atoms with Crippen molar-refractivity contribution in [2.75, 3.05) is 0 Å². The fraction of sp³-hybridized carbons (Fsp3) is 0.167. The van der Waals surface area contributed by atoms with Crippen LogP contribution in [0, 0.1) is 0 Å². The van der Waals surface area contributed by atoms with Crippen molar-refractivity contribution in [2.45, 2.75) is 6.54 Å². The standard InChI is InChI=1S/C6H6BrNO2S/c7-4-1-5(11-3-4)2-8-6(9)10/h1,3,8H,2H2,(H,9,10). The predicted molar refractivity (Wildman–Crippen MR) is 46.9 cm³/mol. The molecule has 0 unspecified atom stereocenters. The third-order valence-electron chi connectivity index (χ3n) is 1.04. The second-order valence-electron chi connectivity index (χ2n) is 1.89. The van der Waals surface area contributed by atoms with Gasteiger partial charge in [-0.25, -0.2) is 4.79 Å². The molecule has 11 heavy (non-hydrogen) atoms. The molecule has 0 spiro atoms. The summed E-state index contributed by atoms with van der Waals surface area (Å²) in [6.45, 7) is 0.381. The molecule has 60 valence electrons. The van der Waals surface area contributed by atoms with Gasteiger partial charge >= 0.3 is 6.09 Å². The predicted octanol–water partition coefficient (Wildman–Crippen LogP) is 2.28. The van der Waals surface area contributed by atoms with Gasteiger partial charge in [0.05, 0.1) is 6.54 Å². The van der Waals surface area contributed by atoms with Crippen molar-refractivity contribution in [2.24, 2.45) is 0 Å². The Bertz CT molecular complexity index is 261. The fourth-order valence-corrected chi connectivity index (χ4v) is 2.00. The van der Waals surface area contributed by atoms with E-state index in [-0.39, 0.29) is 0 Å². The summed E-state index contributed by atoms with van der Waals surface area (Å²) in [7, 11) is 0. The SMILES string of the molecule is O=C(O)NCc1cc(Br)cs1. The molecular weight excluding hydrogens is 230 g/mol. The molecular formula is C6H6BrNO2S. The lowest BCUT2D eigenvalue weighted by Crippen LogP contribution is -2.19. The van der Waals surface area contributed by atoms with E-state index >= 15 is 0 Å². The van der Waals surface area contributed by atoms with Crippen molar-refractivity contribution in [3.63, 3.8) is 0 Å². The van der Waals surface area contributed by atoms with Crippen molar-refractivity contribution >= 4 is 33.4 Å². The van der Waals surface area contributed by atoms with Crippen molar-refractivity contribution in [1.82, 2.24) is 5.32 Å². The van der Waals surface area contributed by atoms with Crippen LogP contribution in [0.2, 0.25) is 0 Å². The Labute approximate surface area is 76.2 Å². The van der Waals surface area contributed by atoms with E-state index in [0.29, 0.717) is 6.54 Å². The number of hydrogen-bond acceptors (Lipinski definition) is 2. The Morgan fingerprint density at radius 2 is 2.55 bits per heavy atom. The van der Waals surface area contributed by atoms with Crippen LogP contribution in [0.15, 0.2) is 15.9 Å². The summed E-state index contributed by atoms with van der Waals surface area (Å²) in [4.78, 5) is 11.1. The maximum Gasteiger partial charge on any atom is 0.404 e. The second kappa shape index (κ2) is 3.73. The van der Waals surface area contributed by atoms with Crippen LogP contribution in [-0.2, 0) is 6.54 Å². The molecule has 1 rings (SSSR count). The number of thiophene rings is 1. The molecule has 1 aromatic rings. The zero-order valence-electron chi connectivity index (χ0n) is 5.50. The molecule has 3 nitrogen and oxygen atoms in total. The molecule has 5 heteroatoms. The smallest absolute Gasteiger partial charge is 0.404 e. The highest BCUT2D eigenvalue weighted by Crippen LogP contribution is 2.19. The van der Waals surface area contributed by atoms with Crippen LogP contribution in [0.25, 0.3) is 0 Å². The van der Waals surface area contributed by atoms with Gasteiger partial charge in [0.15, 0.2) is 0 Å². The van der Waals surface area contributed by atoms with E-state index in [2.05, 4.69) is 21.2 Å². The molecule has 1 aromatic heterocycles. The molecule has 0 radical (unpaired) electrons. The maximum atomic E-state index is 10.1. The molecule has 0 bridgehead atoms. The number of hydrogen-bond donors (Lipinski definition) is 2. The van der Waals surface area contributed by atoms with Crippen LogP contribution in [0.3, 0.4) is 0 Å². The minimum atomic E-state index is -0.991. The highest BCUT2D eigenvalue weighted by atomic mass is 79.9. The number of carbonyl (C=O) groups is 1. The Morgan fingerprint density at radius 1 is 1.82 bits per heavy atom. The first-order valence-corrected chi connectivity index (χ1v) is 4.55. The largest absolute Gasteiger partial charge is 0.465 e. The number of amides is 1. The van der Waals surface area contributed by atoms with Gasteiger partial charge < -0.3 is 10.4 Å². The van der Waals surface area contributed by atoms with Crippen LogP contribution in [-0.4, -0.2) is 11.2 Å². The van der Waals surface area contributed by atoms with Gasteiger partial charge in [0.2, 0.25) is 0 Å². The van der Waals surface area contributed by atoms with Crippen LogP contribution >= 0.6 is 27.3 Å². The summed E-state index contributed by atoms with van der Waals surface area (Å²) in [6.07, 6.45) is -0.991. The lowest BCUT2D eigenvalue weighted by Gasteiger charge is -1.94. The molecule has 0 fully saturated rings. The van der Waals surface area contributed by atoms with Gasteiger partial charge in [-0.1, -0.05) is 0 Å². The minimum absolute atomic E-state index is 0.381. The zero-order chi connectivity index (χ0) is 8.27. The first-order chi connectivity index (χ1) is 5.18. The molecule has 1 heterocycles. The highest BCUT2D eigenvalue weighted by molar-refractivity contribution is 9.10. The van der Waals surface area contributed by atoms with Crippen molar-refractivity contribution in [3.05, 3.63) is 20.8 Å². The summed E-state index contributed by atoms with van der Waals surface area (Å²) in [5.74, 6) is 0. The normalized spacial score (nSPS) is 9.55. The van der Waals surface area contributed by atoms with Crippen molar-refractivity contribution in [3.8, 4) is 0 Å². The molecule has 1 amide bonds. The number of nitrogens with one attached hydrogen (secondary N) is 1. The van der Waals surface area contributed by atoms with Crippen molar-refractivity contribution < 1.29 is 9.90 Å². The van der Waals surface area contributed by atoms with E-state index in [4.69, 9.17) is 5.11 Å². The molecule has 0 saturated heterocycles. The zero-order valence-corrected chi connectivity index (χ0v) is 7.91. The first-order valence-electron chi connectivity index (χ1n) is 2.88. The Kier molecular flexibility index (Phi) is 2.90. The van der Waals surface area contributed by atoms with E-state index in [0.717, 1.165) is 9.35 Å². The number of halogens is 1. The van der Waals surface area contributed by atoms with Crippen LogP contribution < -0.4 is 5.32 Å². The number of rotatable bonds is 2. The monoisotopic (exact) mass is 235 g/mol. The summed E-state index contributed by atoms with van der Waals surface area (Å²) in [6, 6.07) is 1.89. The average molecular weight is 236 g/mol. The topological polar surface area (TPSA) is 49.3 Å². The fourth-order valence-electron chi connectivity index (χ4n) is 0.609. The van der Waals surface area contributed by atoms with Gasteiger partial charge in [-0.3, -0.25) is 0 Å². The Balaban J connectivity index is 2.45.